The van der Waals surface area contributed by atoms with Crippen molar-refractivity contribution in [3.05, 3.63) is 29.3 Å². The number of fused-ring (bicyclic) bond motifs is 1. The van der Waals surface area contributed by atoms with E-state index >= 15 is 0 Å². The van der Waals surface area contributed by atoms with Gasteiger partial charge in [-0.1, -0.05) is 26.7 Å². The number of anilines is 1. The fourth-order valence-corrected chi connectivity index (χ4v) is 2.28. The smallest absolute Gasteiger partial charge is 0.299 e. The molecule has 0 saturated heterocycles. The van der Waals surface area contributed by atoms with Crippen LogP contribution >= 0.6 is 0 Å². The van der Waals surface area contributed by atoms with Crippen molar-refractivity contribution in [3.63, 3.8) is 0 Å². The third-order valence-electron chi connectivity index (χ3n) is 3.61. The zero-order chi connectivity index (χ0) is 14.2. The van der Waals surface area contributed by atoms with E-state index in [0.29, 0.717) is 6.54 Å². The highest BCUT2D eigenvalue weighted by molar-refractivity contribution is 6.52. The Kier molecular flexibility index (Phi) is 3.64. The van der Waals surface area contributed by atoms with Crippen LogP contribution in [-0.2, 0) is 4.79 Å². The second kappa shape index (κ2) is 5.07. The van der Waals surface area contributed by atoms with E-state index in [1.54, 1.807) is 0 Å². The summed E-state index contributed by atoms with van der Waals surface area (Å²) in [6.07, 6.45) is 1.71. The average Bonchev–Trinajstić information content (AvgIpc) is 2.61. The molecule has 5 heteroatoms. The third-order valence-corrected chi connectivity index (χ3v) is 3.61. The number of benzene rings is 1. The van der Waals surface area contributed by atoms with Crippen molar-refractivity contribution < 1.29 is 18.4 Å². The average molecular weight is 267 g/mol. The molecule has 0 aliphatic carbocycles. The van der Waals surface area contributed by atoms with Gasteiger partial charge in [0.05, 0.1) is 11.3 Å². The summed E-state index contributed by atoms with van der Waals surface area (Å²) in [7, 11) is 0. The fraction of sp³-hybridized carbons (Fsp3) is 0.429. The number of halogens is 2. The molecule has 0 bridgehead atoms. The molecule has 3 nitrogen and oxygen atoms in total. The van der Waals surface area contributed by atoms with Crippen LogP contribution < -0.4 is 4.90 Å². The molecule has 0 unspecified atom stereocenters. The Bertz CT molecular complexity index is 538. The molecule has 1 aromatic carbocycles. The second-order valence-corrected chi connectivity index (χ2v) is 4.71. The summed E-state index contributed by atoms with van der Waals surface area (Å²) in [5.74, 6) is -3.39. The van der Waals surface area contributed by atoms with Gasteiger partial charge in [-0.05, 0) is 12.0 Å². The molecule has 0 spiro atoms. The standard InChI is InChI=1S/C14H15F2NO2/c1-3-8(4-2)7-17-12-6-11(16)10(15)5-9(12)13(18)14(17)19/h5-6,8H,3-4,7H2,1-2H3. The predicted octanol–water partition coefficient (Wildman–Crippen LogP) is 2.93. The van der Waals surface area contributed by atoms with Crippen LogP contribution in [0.2, 0.25) is 0 Å². The molecular formula is C14H15F2NO2. The molecule has 0 saturated carbocycles. The minimum absolute atomic E-state index is 0.0464. The zero-order valence-electron chi connectivity index (χ0n) is 10.9. The van der Waals surface area contributed by atoms with Crippen LogP contribution in [-0.4, -0.2) is 18.2 Å². The van der Waals surface area contributed by atoms with Crippen LogP contribution in [0.25, 0.3) is 0 Å². The number of hydrogen-bond acceptors (Lipinski definition) is 2. The quantitative estimate of drug-likeness (QED) is 0.786. The number of nitrogens with zero attached hydrogens (tertiary/aromatic N) is 1. The number of hydrogen-bond donors (Lipinski definition) is 0. The van der Waals surface area contributed by atoms with E-state index in [1.165, 1.54) is 4.90 Å². The molecule has 0 fully saturated rings. The number of amides is 1. The van der Waals surface area contributed by atoms with Gasteiger partial charge in [-0.3, -0.25) is 9.59 Å². The van der Waals surface area contributed by atoms with Crippen molar-refractivity contribution in [1.29, 1.82) is 0 Å². The summed E-state index contributed by atoms with van der Waals surface area (Å²) in [6, 6.07) is 1.73. The van der Waals surface area contributed by atoms with E-state index in [0.717, 1.165) is 25.0 Å². The summed E-state index contributed by atoms with van der Waals surface area (Å²) in [5, 5.41) is 0. The van der Waals surface area contributed by atoms with Crippen molar-refractivity contribution in [1.82, 2.24) is 0 Å². The molecule has 1 aliphatic rings. The maximum Gasteiger partial charge on any atom is 0.299 e. The van der Waals surface area contributed by atoms with E-state index < -0.39 is 23.3 Å². The first-order valence-corrected chi connectivity index (χ1v) is 6.34. The van der Waals surface area contributed by atoms with Crippen LogP contribution in [0.15, 0.2) is 12.1 Å². The molecule has 0 atom stereocenters. The molecule has 102 valence electrons. The molecule has 1 aromatic rings. The van der Waals surface area contributed by atoms with Gasteiger partial charge in [-0.25, -0.2) is 8.78 Å². The minimum atomic E-state index is -1.11. The summed E-state index contributed by atoms with van der Waals surface area (Å²) in [5.41, 5.74) is 0.135. The molecule has 1 heterocycles. The van der Waals surface area contributed by atoms with Gasteiger partial charge in [-0.2, -0.15) is 0 Å². The lowest BCUT2D eigenvalue weighted by Crippen LogP contribution is -2.34. The molecule has 1 aliphatic heterocycles. The maximum absolute atomic E-state index is 13.3. The largest absolute Gasteiger partial charge is 0.304 e. The van der Waals surface area contributed by atoms with E-state index in [9.17, 15) is 18.4 Å². The molecule has 2 rings (SSSR count). The molecule has 1 amide bonds. The first-order chi connectivity index (χ1) is 8.99. The van der Waals surface area contributed by atoms with Crippen LogP contribution in [0, 0.1) is 17.6 Å². The van der Waals surface area contributed by atoms with Crippen LogP contribution in [0.5, 0.6) is 0 Å². The van der Waals surface area contributed by atoms with E-state index in [-0.39, 0.29) is 17.2 Å². The topological polar surface area (TPSA) is 37.4 Å². The Morgan fingerprint density at radius 1 is 1.11 bits per heavy atom. The number of carbonyl (C=O) groups is 2. The number of ketones is 1. The lowest BCUT2D eigenvalue weighted by Gasteiger charge is -2.22. The van der Waals surface area contributed by atoms with Crippen LogP contribution in [0.1, 0.15) is 37.0 Å². The molecule has 0 aromatic heterocycles. The van der Waals surface area contributed by atoms with Crippen LogP contribution in [0.4, 0.5) is 14.5 Å². The lowest BCUT2D eigenvalue weighted by atomic mass is 10.0. The first kappa shape index (κ1) is 13.6. The Morgan fingerprint density at radius 2 is 1.68 bits per heavy atom. The summed E-state index contributed by atoms with van der Waals surface area (Å²) in [6.45, 7) is 4.33. The predicted molar refractivity (Wildman–Crippen MR) is 67.1 cm³/mol. The number of carbonyl (C=O) groups excluding carboxylic acids is 2. The number of Topliss-reactive ketones (excluding diaryl/α,β-unsaturated/α-hetero) is 1. The van der Waals surface area contributed by atoms with Crippen molar-refractivity contribution >= 4 is 17.4 Å². The summed E-state index contributed by atoms with van der Waals surface area (Å²) < 4.78 is 26.4. The lowest BCUT2D eigenvalue weighted by molar-refractivity contribution is -0.114. The second-order valence-electron chi connectivity index (χ2n) is 4.71. The zero-order valence-corrected chi connectivity index (χ0v) is 10.9. The normalized spacial score (nSPS) is 14.5. The van der Waals surface area contributed by atoms with Gasteiger partial charge in [-0.15, -0.1) is 0 Å². The Balaban J connectivity index is 2.41. The SMILES string of the molecule is CCC(CC)CN1C(=O)C(=O)c2cc(F)c(F)cc21. The Labute approximate surface area is 110 Å². The van der Waals surface area contributed by atoms with Gasteiger partial charge in [0.25, 0.3) is 11.7 Å². The van der Waals surface area contributed by atoms with Gasteiger partial charge >= 0.3 is 0 Å². The maximum atomic E-state index is 13.3. The Hall–Kier alpha value is -1.78. The summed E-state index contributed by atoms with van der Waals surface area (Å²) >= 11 is 0. The van der Waals surface area contributed by atoms with Crippen molar-refractivity contribution in [3.8, 4) is 0 Å². The highest BCUT2D eigenvalue weighted by atomic mass is 19.2. The van der Waals surface area contributed by atoms with Crippen molar-refractivity contribution in [2.75, 3.05) is 11.4 Å². The summed E-state index contributed by atoms with van der Waals surface area (Å²) in [4.78, 5) is 24.9. The van der Waals surface area contributed by atoms with Gasteiger partial charge < -0.3 is 4.90 Å². The van der Waals surface area contributed by atoms with Gasteiger partial charge in [0.1, 0.15) is 0 Å². The first-order valence-electron chi connectivity index (χ1n) is 6.34. The van der Waals surface area contributed by atoms with Crippen molar-refractivity contribution in [2.24, 2.45) is 5.92 Å². The van der Waals surface area contributed by atoms with E-state index in [1.807, 2.05) is 13.8 Å². The minimum Gasteiger partial charge on any atom is -0.304 e. The van der Waals surface area contributed by atoms with Crippen LogP contribution in [0.3, 0.4) is 0 Å². The molecule has 19 heavy (non-hydrogen) atoms. The molecule has 0 N–H and O–H groups in total. The molecular weight excluding hydrogens is 252 g/mol. The van der Waals surface area contributed by atoms with E-state index in [2.05, 4.69) is 0 Å². The van der Waals surface area contributed by atoms with Gasteiger partial charge in [0.15, 0.2) is 11.6 Å². The highest BCUT2D eigenvalue weighted by Gasteiger charge is 2.37. The van der Waals surface area contributed by atoms with Gasteiger partial charge in [0.2, 0.25) is 0 Å². The fourth-order valence-electron chi connectivity index (χ4n) is 2.28. The highest BCUT2D eigenvalue weighted by Crippen LogP contribution is 2.32. The third kappa shape index (κ3) is 2.25. The van der Waals surface area contributed by atoms with Crippen molar-refractivity contribution in [2.45, 2.75) is 26.7 Å². The van der Waals surface area contributed by atoms with E-state index in [4.69, 9.17) is 0 Å². The monoisotopic (exact) mass is 267 g/mol. The molecule has 0 radical (unpaired) electrons. The van der Waals surface area contributed by atoms with Gasteiger partial charge in [0, 0.05) is 12.6 Å². The number of rotatable bonds is 4. The Morgan fingerprint density at radius 3 is 2.26 bits per heavy atom.